The summed E-state index contributed by atoms with van der Waals surface area (Å²) in [6, 6.07) is 1.12. The highest BCUT2D eigenvalue weighted by Gasteiger charge is 2.36. The van der Waals surface area contributed by atoms with Crippen molar-refractivity contribution in [3.05, 3.63) is 0 Å². The molecule has 0 radical (unpaired) electrons. The van der Waals surface area contributed by atoms with Crippen LogP contribution in [0.25, 0.3) is 0 Å². The second kappa shape index (κ2) is 4.97. The van der Waals surface area contributed by atoms with Crippen LogP contribution in [0.3, 0.4) is 0 Å². The van der Waals surface area contributed by atoms with Crippen LogP contribution in [-0.4, -0.2) is 36.0 Å². The van der Waals surface area contributed by atoms with Gasteiger partial charge in [0.25, 0.3) is 0 Å². The van der Waals surface area contributed by atoms with E-state index >= 15 is 0 Å². The zero-order chi connectivity index (χ0) is 11.7. The molecule has 3 aliphatic rings. The summed E-state index contributed by atoms with van der Waals surface area (Å²) in [5, 5.41) is 3.40. The maximum atomic E-state index is 12.4. The molecular weight excluding hydrogens is 212 g/mol. The van der Waals surface area contributed by atoms with Crippen molar-refractivity contribution in [3.63, 3.8) is 0 Å². The fraction of sp³-hybridized carbons (Fsp3) is 0.929. The molecule has 0 unspecified atom stereocenters. The van der Waals surface area contributed by atoms with Gasteiger partial charge in [-0.2, -0.15) is 0 Å². The maximum Gasteiger partial charge on any atom is 0.223 e. The molecule has 1 saturated heterocycles. The highest BCUT2D eigenvalue weighted by atomic mass is 16.2. The third-order valence-electron chi connectivity index (χ3n) is 4.62. The van der Waals surface area contributed by atoms with Crippen molar-refractivity contribution < 1.29 is 4.79 Å². The van der Waals surface area contributed by atoms with Crippen LogP contribution in [0.4, 0.5) is 0 Å². The molecule has 0 spiro atoms. The molecule has 1 heterocycles. The van der Waals surface area contributed by atoms with Crippen molar-refractivity contribution in [2.75, 3.05) is 13.1 Å². The number of rotatable bonds is 4. The SMILES string of the molecule is O=C(CC1CC1)N(C1CCC1)C1CCNCC1. The topological polar surface area (TPSA) is 32.3 Å². The molecule has 0 aromatic heterocycles. The number of nitrogens with zero attached hydrogens (tertiary/aromatic N) is 1. The van der Waals surface area contributed by atoms with Gasteiger partial charge in [-0.15, -0.1) is 0 Å². The maximum absolute atomic E-state index is 12.4. The number of hydrogen-bond donors (Lipinski definition) is 1. The molecule has 1 N–H and O–H groups in total. The number of carbonyl (C=O) groups excluding carboxylic acids is 1. The normalized spacial score (nSPS) is 26.6. The summed E-state index contributed by atoms with van der Waals surface area (Å²) in [6.07, 6.45) is 9.55. The molecule has 3 heteroatoms. The zero-order valence-corrected chi connectivity index (χ0v) is 10.7. The van der Waals surface area contributed by atoms with Crippen LogP contribution in [-0.2, 0) is 4.79 Å². The minimum atomic E-state index is 0.462. The Hall–Kier alpha value is -0.570. The summed E-state index contributed by atoms with van der Waals surface area (Å²) in [5.41, 5.74) is 0. The van der Waals surface area contributed by atoms with E-state index in [2.05, 4.69) is 10.2 Å². The van der Waals surface area contributed by atoms with Crippen molar-refractivity contribution in [1.29, 1.82) is 0 Å². The molecule has 0 atom stereocenters. The molecule has 3 rings (SSSR count). The molecule has 1 amide bonds. The number of nitrogens with one attached hydrogen (secondary N) is 1. The first-order valence-corrected chi connectivity index (χ1v) is 7.36. The molecule has 96 valence electrons. The van der Waals surface area contributed by atoms with Crippen molar-refractivity contribution in [1.82, 2.24) is 10.2 Å². The van der Waals surface area contributed by atoms with Gasteiger partial charge in [0.1, 0.15) is 0 Å². The van der Waals surface area contributed by atoms with Crippen LogP contribution < -0.4 is 5.32 Å². The van der Waals surface area contributed by atoms with E-state index in [-0.39, 0.29) is 0 Å². The van der Waals surface area contributed by atoms with Crippen LogP contribution in [0.2, 0.25) is 0 Å². The Balaban J connectivity index is 1.63. The Morgan fingerprint density at radius 1 is 1.00 bits per heavy atom. The van der Waals surface area contributed by atoms with Gasteiger partial charge in [-0.3, -0.25) is 4.79 Å². The van der Waals surface area contributed by atoms with E-state index in [1.54, 1.807) is 0 Å². The second-order valence-electron chi connectivity index (χ2n) is 6.01. The first-order valence-electron chi connectivity index (χ1n) is 7.36. The molecule has 0 bridgehead atoms. The minimum Gasteiger partial charge on any atom is -0.337 e. The van der Waals surface area contributed by atoms with Crippen molar-refractivity contribution in [2.24, 2.45) is 5.92 Å². The van der Waals surface area contributed by atoms with Crippen molar-refractivity contribution >= 4 is 5.91 Å². The largest absolute Gasteiger partial charge is 0.337 e. The summed E-state index contributed by atoms with van der Waals surface area (Å²) in [5.74, 6) is 1.19. The fourth-order valence-electron chi connectivity index (χ4n) is 3.13. The predicted octanol–water partition coefficient (Wildman–Crippen LogP) is 1.92. The number of amides is 1. The van der Waals surface area contributed by atoms with Crippen LogP contribution in [0.1, 0.15) is 51.4 Å². The van der Waals surface area contributed by atoms with Gasteiger partial charge >= 0.3 is 0 Å². The third kappa shape index (κ3) is 2.65. The van der Waals surface area contributed by atoms with E-state index in [4.69, 9.17) is 0 Å². The number of hydrogen-bond acceptors (Lipinski definition) is 2. The highest BCUT2D eigenvalue weighted by molar-refractivity contribution is 5.77. The van der Waals surface area contributed by atoms with E-state index < -0.39 is 0 Å². The Labute approximate surface area is 104 Å². The molecule has 3 nitrogen and oxygen atoms in total. The van der Waals surface area contributed by atoms with Gasteiger partial charge < -0.3 is 10.2 Å². The van der Waals surface area contributed by atoms with Gasteiger partial charge in [0.05, 0.1) is 0 Å². The fourth-order valence-corrected chi connectivity index (χ4v) is 3.13. The smallest absolute Gasteiger partial charge is 0.223 e. The summed E-state index contributed by atoms with van der Waals surface area (Å²) in [7, 11) is 0. The quantitative estimate of drug-likeness (QED) is 0.809. The van der Waals surface area contributed by atoms with E-state index in [0.717, 1.165) is 38.3 Å². The summed E-state index contributed by atoms with van der Waals surface area (Å²) in [6.45, 7) is 2.18. The van der Waals surface area contributed by atoms with Gasteiger partial charge in [-0.25, -0.2) is 0 Å². The lowest BCUT2D eigenvalue weighted by molar-refractivity contribution is -0.139. The monoisotopic (exact) mass is 236 g/mol. The van der Waals surface area contributed by atoms with Gasteiger partial charge in [0.2, 0.25) is 5.91 Å². The standard InChI is InChI=1S/C14H24N2O/c17-14(10-11-4-5-11)16(12-2-1-3-12)13-6-8-15-9-7-13/h11-13,15H,1-10H2. The lowest BCUT2D eigenvalue weighted by atomic mass is 9.88. The van der Waals surface area contributed by atoms with Crippen LogP contribution >= 0.6 is 0 Å². The molecule has 1 aliphatic heterocycles. The Bertz CT molecular complexity index is 278. The van der Waals surface area contributed by atoms with Gasteiger partial charge in [0, 0.05) is 18.5 Å². The molecule has 2 aliphatic carbocycles. The minimum absolute atomic E-state index is 0.462. The summed E-state index contributed by atoms with van der Waals surface area (Å²) < 4.78 is 0. The van der Waals surface area contributed by atoms with E-state index in [0.29, 0.717) is 18.0 Å². The lowest BCUT2D eigenvalue weighted by Gasteiger charge is -2.44. The van der Waals surface area contributed by atoms with Gasteiger partial charge in [-0.05, 0) is 64.0 Å². The second-order valence-corrected chi connectivity index (χ2v) is 6.01. The van der Waals surface area contributed by atoms with Crippen LogP contribution in [0, 0.1) is 5.92 Å². The van der Waals surface area contributed by atoms with E-state index in [1.165, 1.54) is 32.1 Å². The first-order chi connectivity index (χ1) is 8.34. The van der Waals surface area contributed by atoms with Crippen molar-refractivity contribution in [3.8, 4) is 0 Å². The van der Waals surface area contributed by atoms with Gasteiger partial charge in [-0.1, -0.05) is 0 Å². The van der Waals surface area contributed by atoms with Crippen molar-refractivity contribution in [2.45, 2.75) is 63.5 Å². The predicted molar refractivity (Wildman–Crippen MR) is 67.7 cm³/mol. The Morgan fingerprint density at radius 2 is 1.65 bits per heavy atom. The number of carbonyl (C=O) groups is 1. The Kier molecular flexibility index (Phi) is 3.37. The zero-order valence-electron chi connectivity index (χ0n) is 10.7. The van der Waals surface area contributed by atoms with Gasteiger partial charge in [0.15, 0.2) is 0 Å². The average molecular weight is 236 g/mol. The number of piperidine rings is 1. The summed E-state index contributed by atoms with van der Waals surface area (Å²) in [4.78, 5) is 14.7. The molecule has 17 heavy (non-hydrogen) atoms. The average Bonchev–Trinajstić information content (AvgIpc) is 3.08. The van der Waals surface area contributed by atoms with E-state index in [1.807, 2.05) is 0 Å². The molecule has 2 saturated carbocycles. The molecule has 0 aromatic rings. The molecule has 0 aromatic carbocycles. The van der Waals surface area contributed by atoms with Crippen LogP contribution in [0.15, 0.2) is 0 Å². The molecule has 3 fully saturated rings. The highest BCUT2D eigenvalue weighted by Crippen LogP contribution is 2.36. The van der Waals surface area contributed by atoms with Crippen LogP contribution in [0.5, 0.6) is 0 Å². The Morgan fingerprint density at radius 3 is 2.18 bits per heavy atom. The lowest BCUT2D eigenvalue weighted by Crippen LogP contribution is -2.53. The molecular formula is C14H24N2O. The first kappa shape index (κ1) is 11.5. The third-order valence-corrected chi connectivity index (χ3v) is 4.62. The van der Waals surface area contributed by atoms with E-state index in [9.17, 15) is 4.79 Å². The summed E-state index contributed by atoms with van der Waals surface area (Å²) >= 11 is 0.